The van der Waals surface area contributed by atoms with Crippen LogP contribution in [0.5, 0.6) is 0 Å². The average Bonchev–Trinajstić information content (AvgIpc) is 2.72. The average molecular weight is 440 g/mol. The Hall–Kier alpha value is -3.35. The van der Waals surface area contributed by atoms with Gasteiger partial charge in [-0.2, -0.15) is 0 Å². The van der Waals surface area contributed by atoms with Crippen molar-refractivity contribution >= 4 is 23.6 Å². The molecule has 172 valence electrons. The summed E-state index contributed by atoms with van der Waals surface area (Å²) in [6.07, 6.45) is 0.348. The van der Waals surface area contributed by atoms with Gasteiger partial charge in [0.1, 0.15) is 0 Å². The molecule has 0 saturated carbocycles. The van der Waals surface area contributed by atoms with Crippen molar-refractivity contribution in [1.29, 1.82) is 0 Å². The van der Waals surface area contributed by atoms with Crippen LogP contribution in [-0.4, -0.2) is 48.6 Å². The van der Waals surface area contributed by atoms with E-state index < -0.39 is 17.4 Å². The quantitative estimate of drug-likeness (QED) is 0.586. The monoisotopic (exact) mass is 439 g/mol. The molecule has 7 nitrogen and oxygen atoms in total. The lowest BCUT2D eigenvalue weighted by Crippen LogP contribution is -2.46. The van der Waals surface area contributed by atoms with Gasteiger partial charge in [0, 0.05) is 39.3 Å². The molecule has 3 amide bonds. The number of carbonyl (C=O) groups excluding carboxylic acids is 2. The Labute approximate surface area is 190 Å². The lowest BCUT2D eigenvalue weighted by molar-refractivity contribution is -0.140. The van der Waals surface area contributed by atoms with Crippen LogP contribution in [0.2, 0.25) is 0 Å². The number of hydrogen-bond donors (Lipinski definition) is 2. The topological polar surface area (TPSA) is 90.0 Å². The molecule has 0 aliphatic carbocycles. The first-order valence-electron chi connectivity index (χ1n) is 10.7. The van der Waals surface area contributed by atoms with E-state index in [0.29, 0.717) is 13.0 Å². The number of amides is 3. The highest BCUT2D eigenvalue weighted by atomic mass is 16.4. The third kappa shape index (κ3) is 8.06. The van der Waals surface area contributed by atoms with Gasteiger partial charge in [0.15, 0.2) is 0 Å². The van der Waals surface area contributed by atoms with Gasteiger partial charge in [0.2, 0.25) is 5.91 Å². The molecule has 0 aliphatic rings. The summed E-state index contributed by atoms with van der Waals surface area (Å²) in [5.74, 6) is -1.35. The molecule has 0 atom stereocenters. The maximum Gasteiger partial charge on any atom is 0.324 e. The van der Waals surface area contributed by atoms with Crippen LogP contribution in [0.1, 0.15) is 37.8 Å². The lowest BCUT2D eigenvalue weighted by Gasteiger charge is -2.27. The van der Waals surface area contributed by atoms with Crippen LogP contribution in [0, 0.1) is 5.41 Å². The number of hydrogen-bond acceptors (Lipinski definition) is 4. The van der Waals surface area contributed by atoms with Crippen LogP contribution in [0.15, 0.2) is 54.6 Å². The van der Waals surface area contributed by atoms with Crippen molar-refractivity contribution in [1.82, 2.24) is 10.2 Å². The van der Waals surface area contributed by atoms with Crippen LogP contribution in [-0.2, 0) is 22.6 Å². The minimum Gasteiger partial charge on any atom is -0.481 e. The fourth-order valence-corrected chi connectivity index (χ4v) is 3.39. The number of nitrogens with zero attached hydrogens (tertiary/aromatic N) is 2. The molecule has 7 heteroatoms. The van der Waals surface area contributed by atoms with Gasteiger partial charge in [-0.25, -0.2) is 4.79 Å². The first-order chi connectivity index (χ1) is 15.1. The second-order valence-electron chi connectivity index (χ2n) is 8.91. The summed E-state index contributed by atoms with van der Waals surface area (Å²) >= 11 is 0. The molecule has 32 heavy (non-hydrogen) atoms. The van der Waals surface area contributed by atoms with E-state index in [2.05, 4.69) is 5.32 Å². The van der Waals surface area contributed by atoms with E-state index in [1.165, 1.54) is 4.90 Å². The number of carbonyl (C=O) groups is 3. The van der Waals surface area contributed by atoms with E-state index in [0.717, 1.165) is 16.8 Å². The molecule has 2 aromatic rings. The number of carboxylic acid groups (broad SMARTS) is 1. The molecule has 0 saturated heterocycles. The number of imide groups is 1. The smallest absolute Gasteiger partial charge is 0.324 e. The Morgan fingerprint density at radius 1 is 0.906 bits per heavy atom. The van der Waals surface area contributed by atoms with Crippen molar-refractivity contribution in [2.45, 2.75) is 39.7 Å². The highest BCUT2D eigenvalue weighted by Crippen LogP contribution is 2.26. The molecule has 0 aromatic heterocycles. The number of urea groups is 1. The number of benzene rings is 2. The third-order valence-corrected chi connectivity index (χ3v) is 5.17. The highest BCUT2D eigenvalue weighted by molar-refractivity contribution is 5.94. The summed E-state index contributed by atoms with van der Waals surface area (Å²) in [6.45, 7) is 3.95. The second kappa shape index (κ2) is 11.3. The van der Waals surface area contributed by atoms with Gasteiger partial charge in [-0.3, -0.25) is 14.5 Å². The Bertz CT molecular complexity index is 909. The van der Waals surface area contributed by atoms with E-state index in [1.54, 1.807) is 13.8 Å². The minimum atomic E-state index is -0.968. The van der Waals surface area contributed by atoms with E-state index in [4.69, 9.17) is 5.11 Å². The van der Waals surface area contributed by atoms with Crippen molar-refractivity contribution in [3.8, 4) is 0 Å². The maximum absolute atomic E-state index is 13.0. The standard InChI is InChI=1S/C25H33N3O4/c1-25(2,17-23(30)31)16-22(29)28(15-14-19-8-6-5-7-9-19)24(32)26-18-20-10-12-21(13-11-20)27(3)4/h5-13H,14-18H2,1-4H3,(H,26,32)(H,30,31). The number of rotatable bonds is 10. The van der Waals surface area contributed by atoms with Gasteiger partial charge in [-0.05, 0) is 35.1 Å². The second-order valence-corrected chi connectivity index (χ2v) is 8.91. The van der Waals surface area contributed by atoms with Crippen molar-refractivity contribution in [2.75, 3.05) is 25.5 Å². The zero-order chi connectivity index (χ0) is 23.7. The van der Waals surface area contributed by atoms with Crippen LogP contribution >= 0.6 is 0 Å². The predicted octanol–water partition coefficient (Wildman–Crippen LogP) is 3.92. The Morgan fingerprint density at radius 3 is 2.09 bits per heavy atom. The number of nitrogens with one attached hydrogen (secondary N) is 1. The number of aliphatic carboxylic acids is 1. The summed E-state index contributed by atoms with van der Waals surface area (Å²) in [4.78, 5) is 40.3. The Balaban J connectivity index is 2.08. The normalized spacial score (nSPS) is 11.0. The van der Waals surface area contributed by atoms with Crippen LogP contribution in [0.25, 0.3) is 0 Å². The minimum absolute atomic E-state index is 0.0287. The molecule has 0 radical (unpaired) electrons. The fraction of sp³-hybridized carbons (Fsp3) is 0.400. The molecular weight excluding hydrogens is 406 g/mol. The van der Waals surface area contributed by atoms with Gasteiger partial charge >= 0.3 is 12.0 Å². The Morgan fingerprint density at radius 2 is 1.53 bits per heavy atom. The summed E-state index contributed by atoms with van der Waals surface area (Å²) in [5.41, 5.74) is 2.24. The lowest BCUT2D eigenvalue weighted by atomic mass is 9.85. The van der Waals surface area contributed by atoms with Gasteiger partial charge in [-0.1, -0.05) is 56.3 Å². The molecule has 2 aromatic carbocycles. The predicted molar refractivity (Wildman–Crippen MR) is 126 cm³/mol. The van der Waals surface area contributed by atoms with Crippen molar-refractivity contribution in [2.24, 2.45) is 5.41 Å². The zero-order valence-corrected chi connectivity index (χ0v) is 19.3. The van der Waals surface area contributed by atoms with Gasteiger partial charge < -0.3 is 15.3 Å². The maximum atomic E-state index is 13.0. The number of carboxylic acids is 1. The molecule has 0 heterocycles. The summed E-state index contributed by atoms with van der Waals surface area (Å²) < 4.78 is 0. The van der Waals surface area contributed by atoms with E-state index in [-0.39, 0.29) is 25.3 Å². The van der Waals surface area contributed by atoms with E-state index in [1.807, 2.05) is 73.6 Å². The van der Waals surface area contributed by atoms with Crippen molar-refractivity contribution in [3.05, 3.63) is 65.7 Å². The highest BCUT2D eigenvalue weighted by Gasteiger charge is 2.30. The molecule has 0 unspecified atom stereocenters. The van der Waals surface area contributed by atoms with Gasteiger partial charge in [-0.15, -0.1) is 0 Å². The summed E-state index contributed by atoms with van der Waals surface area (Å²) in [6, 6.07) is 16.9. The Kier molecular flexibility index (Phi) is 8.81. The van der Waals surface area contributed by atoms with Crippen molar-refractivity contribution in [3.63, 3.8) is 0 Å². The summed E-state index contributed by atoms with van der Waals surface area (Å²) in [5, 5.41) is 11.9. The zero-order valence-electron chi connectivity index (χ0n) is 19.3. The summed E-state index contributed by atoms with van der Waals surface area (Å²) in [7, 11) is 3.91. The molecule has 0 aliphatic heterocycles. The van der Waals surface area contributed by atoms with E-state index in [9.17, 15) is 14.4 Å². The molecule has 0 fully saturated rings. The molecule has 0 bridgehead atoms. The van der Waals surface area contributed by atoms with Crippen LogP contribution in [0.3, 0.4) is 0 Å². The molecular formula is C25H33N3O4. The van der Waals surface area contributed by atoms with E-state index >= 15 is 0 Å². The van der Waals surface area contributed by atoms with Crippen LogP contribution < -0.4 is 10.2 Å². The first-order valence-corrected chi connectivity index (χ1v) is 10.7. The van der Waals surface area contributed by atoms with Crippen molar-refractivity contribution < 1.29 is 19.5 Å². The molecule has 2 N–H and O–H groups in total. The SMILES string of the molecule is CN(C)c1ccc(CNC(=O)N(CCc2ccccc2)C(=O)CC(C)(C)CC(=O)O)cc1. The van der Waals surface area contributed by atoms with Gasteiger partial charge in [0.05, 0.1) is 6.42 Å². The molecule has 0 spiro atoms. The first kappa shape index (κ1) is 24.9. The number of anilines is 1. The third-order valence-electron chi connectivity index (χ3n) is 5.17. The largest absolute Gasteiger partial charge is 0.481 e. The van der Waals surface area contributed by atoms with Gasteiger partial charge in [0.25, 0.3) is 0 Å². The fourth-order valence-electron chi connectivity index (χ4n) is 3.39. The molecule has 2 rings (SSSR count). The van der Waals surface area contributed by atoms with Crippen LogP contribution in [0.4, 0.5) is 10.5 Å².